The van der Waals surface area contributed by atoms with E-state index in [2.05, 4.69) is 30.3 Å². The highest BCUT2D eigenvalue weighted by Gasteiger charge is 2.11. The molecule has 1 unspecified atom stereocenters. The van der Waals surface area contributed by atoms with Crippen molar-refractivity contribution in [1.29, 1.82) is 0 Å². The van der Waals surface area contributed by atoms with Crippen molar-refractivity contribution in [1.82, 2.24) is 0 Å². The Morgan fingerprint density at radius 2 is 1.52 bits per heavy atom. The van der Waals surface area contributed by atoms with Crippen LogP contribution in [0.2, 0.25) is 0 Å². The molecule has 0 saturated carbocycles. The van der Waals surface area contributed by atoms with Crippen LogP contribution in [0.15, 0.2) is 66.7 Å². The lowest BCUT2D eigenvalue weighted by Crippen LogP contribution is -3.09. The van der Waals surface area contributed by atoms with Gasteiger partial charge < -0.3 is 9.64 Å². The fourth-order valence-corrected chi connectivity index (χ4v) is 2.44. The summed E-state index contributed by atoms with van der Waals surface area (Å²) in [4.78, 5) is 12.7. The molecule has 2 aromatic carbocycles. The lowest BCUT2D eigenvalue weighted by atomic mass is 9.97. The molecule has 0 spiro atoms. The van der Waals surface area contributed by atoms with Gasteiger partial charge in [-0.15, -0.1) is 0 Å². The Morgan fingerprint density at radius 3 is 2.00 bits per heavy atom. The summed E-state index contributed by atoms with van der Waals surface area (Å²) >= 11 is 0. The zero-order valence-corrected chi connectivity index (χ0v) is 13.8. The SMILES string of the molecule is CCOC(=O)C[NH+](C)CC=C(c1ccccc1)c1ccccc1. The molecule has 23 heavy (non-hydrogen) atoms. The third-order valence-corrected chi connectivity index (χ3v) is 3.58. The predicted molar refractivity (Wildman–Crippen MR) is 93.2 cm³/mol. The van der Waals surface area contributed by atoms with Crippen molar-refractivity contribution in [3.05, 3.63) is 77.9 Å². The standard InChI is InChI=1S/C20H23NO2/c1-3-23-20(22)16-21(2)15-14-19(17-10-6-4-7-11-17)18-12-8-5-9-13-18/h4-14H,3,15-16H2,1-2H3/p+1. The Bertz CT molecular complexity index is 594. The van der Waals surface area contributed by atoms with E-state index in [-0.39, 0.29) is 5.97 Å². The van der Waals surface area contributed by atoms with E-state index in [1.807, 2.05) is 50.4 Å². The van der Waals surface area contributed by atoms with E-state index in [1.165, 1.54) is 16.7 Å². The largest absolute Gasteiger partial charge is 0.462 e. The van der Waals surface area contributed by atoms with Crippen LogP contribution in [-0.2, 0) is 9.53 Å². The summed E-state index contributed by atoms with van der Waals surface area (Å²) in [5.41, 5.74) is 3.56. The first-order chi connectivity index (χ1) is 11.2. The second-order valence-electron chi connectivity index (χ2n) is 5.49. The number of hydrogen-bond donors (Lipinski definition) is 1. The van der Waals surface area contributed by atoms with Gasteiger partial charge >= 0.3 is 5.97 Å². The monoisotopic (exact) mass is 310 g/mol. The molecule has 0 aromatic heterocycles. The molecule has 0 amide bonds. The number of carbonyl (C=O) groups is 1. The normalized spacial score (nSPS) is 11.6. The van der Waals surface area contributed by atoms with Crippen molar-refractivity contribution in [3.8, 4) is 0 Å². The summed E-state index contributed by atoms with van der Waals surface area (Å²) in [5.74, 6) is -0.153. The molecule has 120 valence electrons. The first-order valence-corrected chi connectivity index (χ1v) is 7.98. The van der Waals surface area contributed by atoms with Crippen LogP contribution in [0.3, 0.4) is 0 Å². The van der Waals surface area contributed by atoms with Gasteiger partial charge in [0.05, 0.1) is 20.2 Å². The van der Waals surface area contributed by atoms with Crippen LogP contribution >= 0.6 is 0 Å². The molecule has 2 rings (SSSR count). The molecule has 2 aromatic rings. The van der Waals surface area contributed by atoms with E-state index in [0.29, 0.717) is 13.2 Å². The number of nitrogens with one attached hydrogen (secondary N) is 1. The number of hydrogen-bond acceptors (Lipinski definition) is 2. The van der Waals surface area contributed by atoms with Crippen molar-refractivity contribution in [2.45, 2.75) is 6.92 Å². The van der Waals surface area contributed by atoms with Gasteiger partial charge in [-0.25, -0.2) is 4.79 Å². The minimum absolute atomic E-state index is 0.153. The van der Waals surface area contributed by atoms with E-state index >= 15 is 0 Å². The minimum atomic E-state index is -0.153. The van der Waals surface area contributed by atoms with Crippen LogP contribution in [0.4, 0.5) is 0 Å². The van der Waals surface area contributed by atoms with Crippen molar-refractivity contribution >= 4 is 11.5 Å². The topological polar surface area (TPSA) is 30.7 Å². The Hall–Kier alpha value is -2.39. The highest BCUT2D eigenvalue weighted by atomic mass is 16.5. The number of ether oxygens (including phenoxy) is 1. The van der Waals surface area contributed by atoms with Crippen LogP contribution in [0.1, 0.15) is 18.1 Å². The molecular formula is C20H24NO2+. The molecule has 1 N–H and O–H groups in total. The maximum absolute atomic E-state index is 11.6. The van der Waals surface area contributed by atoms with Crippen LogP contribution in [-0.4, -0.2) is 32.7 Å². The van der Waals surface area contributed by atoms with Crippen molar-refractivity contribution in [3.63, 3.8) is 0 Å². The lowest BCUT2D eigenvalue weighted by molar-refractivity contribution is -0.865. The molecule has 0 heterocycles. The maximum Gasteiger partial charge on any atom is 0.361 e. The Kier molecular flexibility index (Phi) is 6.57. The van der Waals surface area contributed by atoms with Crippen LogP contribution in [0, 0.1) is 0 Å². The van der Waals surface area contributed by atoms with Gasteiger partial charge in [-0.2, -0.15) is 0 Å². The number of esters is 1. The summed E-state index contributed by atoms with van der Waals surface area (Å²) in [5, 5.41) is 0. The second-order valence-corrected chi connectivity index (χ2v) is 5.49. The van der Waals surface area contributed by atoms with Gasteiger partial charge in [0, 0.05) is 0 Å². The average molecular weight is 310 g/mol. The van der Waals surface area contributed by atoms with Gasteiger partial charge in [0.2, 0.25) is 0 Å². The zero-order chi connectivity index (χ0) is 16.5. The molecule has 0 saturated heterocycles. The summed E-state index contributed by atoms with van der Waals surface area (Å²) < 4.78 is 5.01. The number of rotatable bonds is 7. The quantitative estimate of drug-likeness (QED) is 0.795. The fourth-order valence-electron chi connectivity index (χ4n) is 2.44. The molecule has 3 heteroatoms. The van der Waals surface area contributed by atoms with Crippen LogP contribution in [0.5, 0.6) is 0 Å². The van der Waals surface area contributed by atoms with E-state index < -0.39 is 0 Å². The summed E-state index contributed by atoms with van der Waals surface area (Å²) in [6.45, 7) is 3.40. The van der Waals surface area contributed by atoms with Gasteiger partial charge in [0.15, 0.2) is 6.54 Å². The first kappa shape index (κ1) is 17.0. The van der Waals surface area contributed by atoms with Crippen LogP contribution < -0.4 is 4.90 Å². The molecular weight excluding hydrogens is 286 g/mol. The van der Waals surface area contributed by atoms with E-state index in [9.17, 15) is 4.79 Å². The Balaban J connectivity index is 2.16. The van der Waals surface area contributed by atoms with Gasteiger partial charge in [-0.1, -0.05) is 60.7 Å². The molecule has 0 bridgehead atoms. The van der Waals surface area contributed by atoms with E-state index in [4.69, 9.17) is 4.74 Å². The minimum Gasteiger partial charge on any atom is -0.462 e. The fraction of sp³-hybridized carbons (Fsp3) is 0.250. The third-order valence-electron chi connectivity index (χ3n) is 3.58. The predicted octanol–water partition coefficient (Wildman–Crippen LogP) is 2.20. The number of quaternary nitrogens is 1. The summed E-state index contributed by atoms with van der Waals surface area (Å²) in [7, 11) is 2.00. The van der Waals surface area contributed by atoms with Crippen LogP contribution in [0.25, 0.3) is 5.57 Å². The lowest BCUT2D eigenvalue weighted by Gasteiger charge is -2.13. The zero-order valence-electron chi connectivity index (χ0n) is 13.8. The van der Waals surface area contributed by atoms with Gasteiger partial charge in [0.25, 0.3) is 0 Å². The number of likely N-dealkylation sites (N-methyl/N-ethyl adjacent to an activating group) is 1. The van der Waals surface area contributed by atoms with Crippen molar-refractivity contribution in [2.75, 3.05) is 26.7 Å². The van der Waals surface area contributed by atoms with Gasteiger partial charge in [-0.3, -0.25) is 0 Å². The summed E-state index contributed by atoms with van der Waals surface area (Å²) in [6, 6.07) is 20.7. The number of benzene rings is 2. The molecule has 0 radical (unpaired) electrons. The van der Waals surface area contributed by atoms with Crippen molar-refractivity contribution in [2.24, 2.45) is 0 Å². The molecule has 0 aliphatic rings. The smallest absolute Gasteiger partial charge is 0.361 e. The molecule has 1 atom stereocenters. The third kappa shape index (κ3) is 5.38. The number of carbonyl (C=O) groups excluding carboxylic acids is 1. The second kappa shape index (κ2) is 8.91. The molecule has 3 nitrogen and oxygen atoms in total. The average Bonchev–Trinajstić information content (AvgIpc) is 2.57. The Labute approximate surface area is 138 Å². The Morgan fingerprint density at radius 1 is 1.00 bits per heavy atom. The molecule has 0 aliphatic heterocycles. The van der Waals surface area contributed by atoms with E-state index in [1.54, 1.807) is 0 Å². The highest BCUT2D eigenvalue weighted by Crippen LogP contribution is 2.22. The summed E-state index contributed by atoms with van der Waals surface area (Å²) in [6.07, 6.45) is 2.19. The van der Waals surface area contributed by atoms with Gasteiger partial charge in [-0.05, 0) is 29.7 Å². The maximum atomic E-state index is 11.6. The van der Waals surface area contributed by atoms with Gasteiger partial charge in [0.1, 0.15) is 0 Å². The molecule has 0 aliphatic carbocycles. The van der Waals surface area contributed by atoms with Crippen molar-refractivity contribution < 1.29 is 14.4 Å². The molecule has 0 fully saturated rings. The van der Waals surface area contributed by atoms with E-state index in [0.717, 1.165) is 11.4 Å². The first-order valence-electron chi connectivity index (χ1n) is 7.98. The highest BCUT2D eigenvalue weighted by molar-refractivity contribution is 5.79.